The molecule has 2 rings (SSSR count). The Morgan fingerprint density at radius 1 is 0.682 bits per heavy atom. The van der Waals surface area contributed by atoms with Gasteiger partial charge in [-0.15, -0.1) is 0 Å². The summed E-state index contributed by atoms with van der Waals surface area (Å²) in [5.74, 6) is -1.13. The first-order valence-corrected chi connectivity index (χ1v) is 6.57. The molecule has 0 spiro atoms. The lowest BCUT2D eigenvalue weighted by atomic mass is 10.1. The maximum atomic E-state index is 11.2. The van der Waals surface area contributed by atoms with Gasteiger partial charge in [0, 0.05) is 13.8 Å². The Balaban J connectivity index is 2.11. The molecule has 0 fully saturated rings. The summed E-state index contributed by atoms with van der Waals surface area (Å²) >= 11 is 0. The fraction of sp³-hybridized carbons (Fsp3) is 0.118. The highest BCUT2D eigenvalue weighted by molar-refractivity contribution is 6.33. The quantitative estimate of drug-likeness (QED) is 0.493. The third-order valence-corrected chi connectivity index (χ3v) is 2.80. The predicted molar refractivity (Wildman–Crippen MR) is 79.5 cm³/mol. The van der Waals surface area contributed by atoms with E-state index in [4.69, 9.17) is 9.47 Å². The van der Waals surface area contributed by atoms with Crippen molar-refractivity contribution in [3.05, 3.63) is 48.5 Å². The Bertz CT molecular complexity index is 699. The number of carbonyl (C=O) groups excluding carboxylic acids is 3. The van der Waals surface area contributed by atoms with Crippen LogP contribution < -0.4 is 9.47 Å². The monoisotopic (exact) mass is 298 g/mol. The van der Waals surface area contributed by atoms with E-state index >= 15 is 0 Å². The van der Waals surface area contributed by atoms with E-state index in [0.717, 1.165) is 18.1 Å². The fourth-order valence-electron chi connectivity index (χ4n) is 1.78. The first-order valence-electron chi connectivity index (χ1n) is 6.57. The molecule has 5 nitrogen and oxygen atoms in total. The summed E-state index contributed by atoms with van der Waals surface area (Å²) in [7, 11) is 0. The highest BCUT2D eigenvalue weighted by atomic mass is 16.5. The van der Waals surface area contributed by atoms with Crippen LogP contribution in [-0.2, 0) is 14.4 Å². The summed E-state index contributed by atoms with van der Waals surface area (Å²) in [6.07, 6.45) is 0. The minimum absolute atomic E-state index is 0.306. The van der Waals surface area contributed by atoms with Gasteiger partial charge >= 0.3 is 11.9 Å². The van der Waals surface area contributed by atoms with Gasteiger partial charge < -0.3 is 9.47 Å². The van der Waals surface area contributed by atoms with E-state index in [-0.39, 0.29) is 5.97 Å². The Morgan fingerprint density at radius 2 is 1.09 bits per heavy atom. The van der Waals surface area contributed by atoms with Crippen molar-refractivity contribution in [3.8, 4) is 22.6 Å². The second kappa shape index (κ2) is 6.67. The molecule has 0 unspecified atom stereocenters. The topological polar surface area (TPSA) is 69.7 Å². The molecule has 2 aromatic carbocycles. The van der Waals surface area contributed by atoms with Crippen LogP contribution in [0.15, 0.2) is 48.5 Å². The third kappa shape index (κ3) is 4.02. The highest BCUT2D eigenvalue weighted by Crippen LogP contribution is 2.24. The van der Waals surface area contributed by atoms with Gasteiger partial charge in [-0.2, -0.15) is 0 Å². The minimum Gasteiger partial charge on any atom is -0.427 e. The number of esters is 2. The van der Waals surface area contributed by atoms with E-state index in [1.54, 1.807) is 36.4 Å². The smallest absolute Gasteiger partial charge is 0.379 e. The largest absolute Gasteiger partial charge is 0.427 e. The highest BCUT2D eigenvalue weighted by Gasteiger charge is 2.10. The molecular weight excluding hydrogens is 284 g/mol. The molecule has 0 aliphatic rings. The van der Waals surface area contributed by atoms with Crippen LogP contribution in [0.4, 0.5) is 0 Å². The fourth-order valence-corrected chi connectivity index (χ4v) is 1.78. The van der Waals surface area contributed by atoms with E-state index in [1.807, 2.05) is 12.1 Å². The van der Waals surface area contributed by atoms with E-state index in [2.05, 4.69) is 0 Å². The van der Waals surface area contributed by atoms with Gasteiger partial charge in [0.25, 0.3) is 0 Å². The lowest BCUT2D eigenvalue weighted by Gasteiger charge is -2.06. The lowest BCUT2D eigenvalue weighted by molar-refractivity contribution is -0.146. The molecule has 0 amide bonds. The molecule has 0 saturated carbocycles. The van der Waals surface area contributed by atoms with Crippen LogP contribution in [0.25, 0.3) is 11.1 Å². The number of Topliss-reactive ketones (excluding diaryl/α,β-unsaturated/α-hetero) is 1. The number of ether oxygens (including phenoxy) is 2. The zero-order chi connectivity index (χ0) is 16.1. The molecule has 2 aromatic rings. The first-order chi connectivity index (χ1) is 10.5. The summed E-state index contributed by atoms with van der Waals surface area (Å²) in [6.45, 7) is 2.50. The van der Waals surface area contributed by atoms with Crippen LogP contribution in [0.3, 0.4) is 0 Å². The summed E-state index contributed by atoms with van der Waals surface area (Å²) in [5.41, 5.74) is 1.82. The Hall–Kier alpha value is -2.95. The van der Waals surface area contributed by atoms with Crippen LogP contribution in [0.2, 0.25) is 0 Å². The lowest BCUT2D eigenvalue weighted by Crippen LogP contribution is -2.16. The number of hydrogen-bond acceptors (Lipinski definition) is 5. The van der Waals surface area contributed by atoms with Crippen LogP contribution in [0, 0.1) is 0 Å². The molecular formula is C17H14O5. The van der Waals surface area contributed by atoms with Crippen molar-refractivity contribution in [2.75, 3.05) is 0 Å². The molecule has 0 heterocycles. The summed E-state index contributed by atoms with van der Waals surface area (Å²) < 4.78 is 9.85. The van der Waals surface area contributed by atoms with Crippen molar-refractivity contribution in [2.45, 2.75) is 13.8 Å². The SMILES string of the molecule is CC(=O)Oc1ccc(-c2ccc(OC(=O)C(C)=O)cc2)cc1. The molecule has 0 radical (unpaired) electrons. The van der Waals surface area contributed by atoms with Crippen molar-refractivity contribution >= 4 is 17.7 Å². The van der Waals surface area contributed by atoms with Crippen LogP contribution >= 0.6 is 0 Å². The second-order valence-corrected chi connectivity index (χ2v) is 4.59. The van der Waals surface area contributed by atoms with Gasteiger partial charge in [-0.3, -0.25) is 9.59 Å². The molecule has 0 aromatic heterocycles. The van der Waals surface area contributed by atoms with E-state index < -0.39 is 11.8 Å². The Labute approximate surface area is 127 Å². The normalized spacial score (nSPS) is 9.91. The van der Waals surface area contributed by atoms with Crippen molar-refractivity contribution < 1.29 is 23.9 Å². The maximum absolute atomic E-state index is 11.2. The Kier molecular flexibility index (Phi) is 4.68. The van der Waals surface area contributed by atoms with E-state index in [0.29, 0.717) is 11.5 Å². The number of carbonyl (C=O) groups is 3. The molecule has 0 saturated heterocycles. The summed E-state index contributed by atoms with van der Waals surface area (Å²) in [4.78, 5) is 32.9. The van der Waals surface area contributed by atoms with Gasteiger partial charge in [0.1, 0.15) is 11.5 Å². The van der Waals surface area contributed by atoms with E-state index in [9.17, 15) is 14.4 Å². The molecule has 0 aliphatic carbocycles. The van der Waals surface area contributed by atoms with Crippen molar-refractivity contribution in [3.63, 3.8) is 0 Å². The zero-order valence-corrected chi connectivity index (χ0v) is 12.2. The van der Waals surface area contributed by atoms with Gasteiger partial charge in [0.15, 0.2) is 0 Å². The molecule has 22 heavy (non-hydrogen) atoms. The predicted octanol–water partition coefficient (Wildman–Crippen LogP) is 2.77. The number of ketones is 1. The standard InChI is InChI=1S/C17H14O5/c1-11(18)17(20)22-16-9-5-14(6-10-16)13-3-7-15(8-4-13)21-12(2)19/h3-10H,1-2H3. The maximum Gasteiger partial charge on any atom is 0.379 e. The summed E-state index contributed by atoms with van der Waals surface area (Å²) in [5, 5.41) is 0. The summed E-state index contributed by atoms with van der Waals surface area (Å²) in [6, 6.07) is 13.8. The second-order valence-electron chi connectivity index (χ2n) is 4.59. The van der Waals surface area contributed by atoms with Gasteiger partial charge in [-0.1, -0.05) is 24.3 Å². The molecule has 112 valence electrons. The van der Waals surface area contributed by atoms with Gasteiger partial charge in [-0.25, -0.2) is 4.79 Å². The number of hydrogen-bond donors (Lipinski definition) is 0. The minimum atomic E-state index is -0.890. The Morgan fingerprint density at radius 3 is 1.45 bits per heavy atom. The van der Waals surface area contributed by atoms with Crippen LogP contribution in [-0.4, -0.2) is 17.7 Å². The molecule has 0 bridgehead atoms. The molecule has 0 N–H and O–H groups in total. The van der Waals surface area contributed by atoms with Crippen molar-refractivity contribution in [2.24, 2.45) is 0 Å². The van der Waals surface area contributed by atoms with E-state index in [1.165, 1.54) is 6.92 Å². The molecule has 0 atom stereocenters. The number of benzene rings is 2. The zero-order valence-electron chi connectivity index (χ0n) is 12.2. The number of rotatable bonds is 4. The average molecular weight is 298 g/mol. The van der Waals surface area contributed by atoms with Crippen molar-refractivity contribution in [1.29, 1.82) is 0 Å². The van der Waals surface area contributed by atoms with Crippen LogP contribution in [0.5, 0.6) is 11.5 Å². The first kappa shape index (κ1) is 15.4. The third-order valence-electron chi connectivity index (χ3n) is 2.80. The van der Waals surface area contributed by atoms with Gasteiger partial charge in [0.05, 0.1) is 0 Å². The average Bonchev–Trinajstić information content (AvgIpc) is 2.48. The van der Waals surface area contributed by atoms with Crippen LogP contribution in [0.1, 0.15) is 13.8 Å². The molecule has 5 heteroatoms. The van der Waals surface area contributed by atoms with Gasteiger partial charge in [0.2, 0.25) is 5.78 Å². The molecule has 0 aliphatic heterocycles. The van der Waals surface area contributed by atoms with Gasteiger partial charge in [-0.05, 0) is 35.4 Å². The van der Waals surface area contributed by atoms with Crippen molar-refractivity contribution in [1.82, 2.24) is 0 Å².